The Bertz CT molecular complexity index is 959. The number of piperazine rings is 1. The third kappa shape index (κ3) is 5.26. The standard InChI is InChI=1S/C23H24BrFN2O2/c24-19-3-1-18-14-23(8-2-17(18)13-19)29-16-22(28)15-26-9-11-27(12-10-26)21-6-4-20(25)5-7-21/h1-8,13-14,22,28H,9-12,15-16H2/t22-/m1/s1. The predicted molar refractivity (Wildman–Crippen MR) is 118 cm³/mol. The lowest BCUT2D eigenvalue weighted by molar-refractivity contribution is 0.0663. The molecule has 3 aromatic carbocycles. The summed E-state index contributed by atoms with van der Waals surface area (Å²) in [5, 5.41) is 12.7. The summed E-state index contributed by atoms with van der Waals surface area (Å²) in [6.07, 6.45) is -0.548. The second-order valence-electron chi connectivity index (χ2n) is 7.38. The molecule has 0 bridgehead atoms. The van der Waals surface area contributed by atoms with E-state index >= 15 is 0 Å². The van der Waals surface area contributed by atoms with Crippen LogP contribution >= 0.6 is 15.9 Å². The molecule has 0 radical (unpaired) electrons. The van der Waals surface area contributed by atoms with Crippen molar-refractivity contribution in [3.63, 3.8) is 0 Å². The molecule has 4 nitrogen and oxygen atoms in total. The molecule has 1 fully saturated rings. The Morgan fingerprint density at radius 1 is 0.931 bits per heavy atom. The van der Waals surface area contributed by atoms with E-state index in [0.717, 1.165) is 52.9 Å². The van der Waals surface area contributed by atoms with Crippen LogP contribution in [0.15, 0.2) is 65.1 Å². The number of aliphatic hydroxyl groups is 1. The number of fused-ring (bicyclic) bond motifs is 1. The van der Waals surface area contributed by atoms with E-state index in [2.05, 4.69) is 31.8 Å². The van der Waals surface area contributed by atoms with Crippen molar-refractivity contribution in [2.24, 2.45) is 0 Å². The molecule has 1 N–H and O–H groups in total. The van der Waals surface area contributed by atoms with Crippen LogP contribution in [0.2, 0.25) is 0 Å². The Labute approximate surface area is 178 Å². The molecule has 1 aliphatic rings. The Morgan fingerprint density at radius 3 is 2.38 bits per heavy atom. The fraction of sp³-hybridized carbons (Fsp3) is 0.304. The minimum absolute atomic E-state index is 0.213. The highest BCUT2D eigenvalue weighted by Gasteiger charge is 2.20. The van der Waals surface area contributed by atoms with Gasteiger partial charge in [-0.05, 0) is 59.3 Å². The summed E-state index contributed by atoms with van der Waals surface area (Å²) in [4.78, 5) is 4.48. The number of aliphatic hydroxyl groups excluding tert-OH is 1. The number of benzene rings is 3. The first-order chi connectivity index (χ1) is 14.1. The fourth-order valence-corrected chi connectivity index (χ4v) is 4.05. The van der Waals surface area contributed by atoms with Gasteiger partial charge in [-0.3, -0.25) is 4.90 Å². The second kappa shape index (κ2) is 9.11. The summed E-state index contributed by atoms with van der Waals surface area (Å²) in [5.74, 6) is 0.551. The van der Waals surface area contributed by atoms with Crippen LogP contribution in [0.25, 0.3) is 10.8 Å². The molecule has 0 unspecified atom stereocenters. The molecule has 1 atom stereocenters. The monoisotopic (exact) mass is 458 g/mol. The number of β-amino-alcohol motifs (C(OH)–C–C–N with tert-alkyl or cyclic N) is 1. The van der Waals surface area contributed by atoms with Gasteiger partial charge in [-0.15, -0.1) is 0 Å². The van der Waals surface area contributed by atoms with Crippen LogP contribution in [-0.4, -0.2) is 55.4 Å². The lowest BCUT2D eigenvalue weighted by Gasteiger charge is -2.36. The van der Waals surface area contributed by atoms with Crippen molar-refractivity contribution in [2.75, 3.05) is 44.2 Å². The average Bonchev–Trinajstić information content (AvgIpc) is 2.73. The number of halogens is 2. The molecule has 1 saturated heterocycles. The van der Waals surface area contributed by atoms with E-state index in [9.17, 15) is 9.50 Å². The molecule has 29 heavy (non-hydrogen) atoms. The maximum atomic E-state index is 13.1. The molecule has 0 amide bonds. The molecule has 152 valence electrons. The van der Waals surface area contributed by atoms with Gasteiger partial charge >= 0.3 is 0 Å². The van der Waals surface area contributed by atoms with Crippen LogP contribution in [-0.2, 0) is 0 Å². The van der Waals surface area contributed by atoms with Crippen molar-refractivity contribution >= 4 is 32.4 Å². The number of hydrogen-bond acceptors (Lipinski definition) is 4. The van der Waals surface area contributed by atoms with E-state index in [1.54, 1.807) is 0 Å². The van der Waals surface area contributed by atoms with Gasteiger partial charge in [-0.1, -0.05) is 28.1 Å². The van der Waals surface area contributed by atoms with Crippen LogP contribution in [0.3, 0.4) is 0 Å². The Morgan fingerprint density at radius 2 is 1.62 bits per heavy atom. The summed E-state index contributed by atoms with van der Waals surface area (Å²) < 4.78 is 19.9. The summed E-state index contributed by atoms with van der Waals surface area (Å²) in [5.41, 5.74) is 1.04. The van der Waals surface area contributed by atoms with Crippen molar-refractivity contribution in [3.05, 3.63) is 71.0 Å². The third-order valence-corrected chi connectivity index (χ3v) is 5.74. The lowest BCUT2D eigenvalue weighted by atomic mass is 10.1. The van der Waals surface area contributed by atoms with Crippen LogP contribution in [0.4, 0.5) is 10.1 Å². The van der Waals surface area contributed by atoms with Gasteiger partial charge in [0, 0.05) is 42.9 Å². The first-order valence-electron chi connectivity index (χ1n) is 9.80. The number of anilines is 1. The molecular weight excluding hydrogens is 435 g/mol. The molecule has 6 heteroatoms. The normalized spacial score (nSPS) is 16.2. The van der Waals surface area contributed by atoms with Crippen LogP contribution in [0, 0.1) is 5.82 Å². The molecular formula is C23H24BrFN2O2. The van der Waals surface area contributed by atoms with Gasteiger partial charge < -0.3 is 14.7 Å². The predicted octanol–water partition coefficient (Wildman–Crippen LogP) is 4.30. The van der Waals surface area contributed by atoms with E-state index in [4.69, 9.17) is 4.74 Å². The fourth-order valence-electron chi connectivity index (χ4n) is 3.67. The summed E-state index contributed by atoms with van der Waals surface area (Å²) in [6, 6.07) is 18.7. The van der Waals surface area contributed by atoms with Crippen molar-refractivity contribution < 1.29 is 14.2 Å². The van der Waals surface area contributed by atoms with Gasteiger partial charge in [0.1, 0.15) is 24.3 Å². The van der Waals surface area contributed by atoms with Gasteiger partial charge in [0.2, 0.25) is 0 Å². The van der Waals surface area contributed by atoms with Crippen LogP contribution in [0.1, 0.15) is 0 Å². The Balaban J connectivity index is 1.24. The van der Waals surface area contributed by atoms with E-state index in [1.807, 2.05) is 42.5 Å². The molecule has 0 aromatic heterocycles. The SMILES string of the molecule is O[C@@H](COc1ccc2cc(Br)ccc2c1)CN1CCN(c2ccc(F)cc2)CC1. The van der Waals surface area contributed by atoms with Gasteiger partial charge in [-0.2, -0.15) is 0 Å². The summed E-state index contributed by atoms with van der Waals surface area (Å²) in [6.45, 7) is 4.29. The quantitative estimate of drug-likeness (QED) is 0.597. The van der Waals surface area contributed by atoms with Crippen LogP contribution in [0.5, 0.6) is 5.75 Å². The molecule has 1 aliphatic heterocycles. The largest absolute Gasteiger partial charge is 0.491 e. The zero-order chi connectivity index (χ0) is 20.2. The first-order valence-corrected chi connectivity index (χ1v) is 10.6. The van der Waals surface area contributed by atoms with E-state index in [-0.39, 0.29) is 12.4 Å². The van der Waals surface area contributed by atoms with E-state index in [1.165, 1.54) is 12.1 Å². The van der Waals surface area contributed by atoms with E-state index in [0.29, 0.717) is 6.54 Å². The molecule has 3 aromatic rings. The molecule has 0 aliphatic carbocycles. The summed E-state index contributed by atoms with van der Waals surface area (Å²) >= 11 is 3.48. The van der Waals surface area contributed by atoms with Gasteiger partial charge in [0.25, 0.3) is 0 Å². The number of nitrogens with zero attached hydrogens (tertiary/aromatic N) is 2. The highest BCUT2D eigenvalue weighted by molar-refractivity contribution is 9.10. The van der Waals surface area contributed by atoms with Crippen molar-refractivity contribution in [2.45, 2.75) is 6.10 Å². The zero-order valence-electron chi connectivity index (χ0n) is 16.1. The van der Waals surface area contributed by atoms with Crippen LogP contribution < -0.4 is 9.64 Å². The van der Waals surface area contributed by atoms with Gasteiger partial charge in [0.15, 0.2) is 0 Å². The Kier molecular flexibility index (Phi) is 6.33. The lowest BCUT2D eigenvalue weighted by Crippen LogP contribution is -2.49. The van der Waals surface area contributed by atoms with Crippen molar-refractivity contribution in [1.82, 2.24) is 4.90 Å². The van der Waals surface area contributed by atoms with Crippen molar-refractivity contribution in [1.29, 1.82) is 0 Å². The first kappa shape index (κ1) is 20.1. The van der Waals surface area contributed by atoms with Gasteiger partial charge in [-0.25, -0.2) is 4.39 Å². The minimum atomic E-state index is -0.548. The van der Waals surface area contributed by atoms with Crippen molar-refractivity contribution in [3.8, 4) is 5.75 Å². The number of ether oxygens (including phenoxy) is 1. The maximum absolute atomic E-state index is 13.1. The maximum Gasteiger partial charge on any atom is 0.123 e. The third-order valence-electron chi connectivity index (χ3n) is 5.25. The Hall–Kier alpha value is -2.15. The highest BCUT2D eigenvalue weighted by Crippen LogP contribution is 2.24. The molecule has 4 rings (SSSR count). The molecule has 0 saturated carbocycles. The number of rotatable bonds is 6. The molecule has 1 heterocycles. The minimum Gasteiger partial charge on any atom is -0.491 e. The highest BCUT2D eigenvalue weighted by atomic mass is 79.9. The topological polar surface area (TPSA) is 35.9 Å². The molecule has 0 spiro atoms. The van der Waals surface area contributed by atoms with Gasteiger partial charge in [0.05, 0.1) is 0 Å². The summed E-state index contributed by atoms with van der Waals surface area (Å²) in [7, 11) is 0. The number of hydrogen-bond donors (Lipinski definition) is 1. The average molecular weight is 459 g/mol. The zero-order valence-corrected chi connectivity index (χ0v) is 17.7. The second-order valence-corrected chi connectivity index (χ2v) is 8.30. The van der Waals surface area contributed by atoms with E-state index < -0.39 is 6.10 Å². The smallest absolute Gasteiger partial charge is 0.123 e.